The van der Waals surface area contributed by atoms with E-state index in [0.29, 0.717) is 0 Å². The molecule has 0 aliphatic rings. The first kappa shape index (κ1) is 13.0. The van der Waals surface area contributed by atoms with Crippen molar-refractivity contribution in [2.75, 3.05) is 13.2 Å². The molecule has 0 aliphatic carbocycles. The number of hydrogen-bond donors (Lipinski definition) is 0. The molecule has 0 saturated heterocycles. The lowest BCUT2D eigenvalue weighted by molar-refractivity contribution is -0.141. The zero-order chi connectivity index (χ0) is 11.7. The van der Waals surface area contributed by atoms with Crippen LogP contribution in [0, 0.1) is 0 Å². The lowest BCUT2D eigenvalue weighted by Gasteiger charge is -2.05. The second kappa shape index (κ2) is 7.37. The molecule has 82 valence electrons. The Morgan fingerprint density at radius 3 is 2.13 bits per heavy atom. The predicted octanol–water partition coefficient (Wildman–Crippen LogP) is 1.57. The highest BCUT2D eigenvalue weighted by molar-refractivity contribution is 5.87. The first-order chi connectivity index (χ1) is 7.11. The Labute approximate surface area is 87.6 Å². The molecule has 0 bridgehead atoms. The summed E-state index contributed by atoms with van der Waals surface area (Å²) in [4.78, 5) is 21.8. The minimum absolute atomic E-state index is 0.00613. The molecular formula is C10H12O5. The predicted molar refractivity (Wildman–Crippen MR) is 52.9 cm³/mol. The Morgan fingerprint density at radius 2 is 1.60 bits per heavy atom. The van der Waals surface area contributed by atoms with Crippen LogP contribution < -0.4 is 0 Å². The van der Waals surface area contributed by atoms with Gasteiger partial charge in [-0.2, -0.15) is 0 Å². The van der Waals surface area contributed by atoms with Crippen molar-refractivity contribution in [3.05, 3.63) is 37.6 Å². The molecule has 0 spiro atoms. The molecule has 5 heteroatoms. The zero-order valence-corrected chi connectivity index (χ0v) is 8.23. The first-order valence-corrected chi connectivity index (χ1v) is 4.04. The number of ether oxygens (including phenoxy) is 3. The maximum absolute atomic E-state index is 11.0. The molecule has 0 aromatic heterocycles. The Kier molecular flexibility index (Phi) is 6.37. The summed E-state index contributed by atoms with van der Waals surface area (Å²) >= 11 is 0. The molecule has 0 aliphatic heterocycles. The van der Waals surface area contributed by atoms with E-state index in [1.807, 2.05) is 0 Å². The Morgan fingerprint density at radius 1 is 1.07 bits per heavy atom. The molecular weight excluding hydrogens is 200 g/mol. The largest absolute Gasteiger partial charge is 0.514 e. The van der Waals surface area contributed by atoms with Gasteiger partial charge in [-0.15, -0.1) is 0 Å². The average Bonchev–Trinajstić information content (AvgIpc) is 2.22. The van der Waals surface area contributed by atoms with Gasteiger partial charge in [0.05, 0.1) is 0 Å². The third-order valence-electron chi connectivity index (χ3n) is 1.09. The van der Waals surface area contributed by atoms with Crippen molar-refractivity contribution in [3.63, 3.8) is 0 Å². The Hall–Kier alpha value is -2.04. The zero-order valence-electron chi connectivity index (χ0n) is 8.23. The molecule has 0 heterocycles. The molecule has 0 aromatic rings. The van der Waals surface area contributed by atoms with Gasteiger partial charge in [0, 0.05) is 0 Å². The Balaban J connectivity index is 3.90. The van der Waals surface area contributed by atoms with Crippen molar-refractivity contribution in [1.29, 1.82) is 0 Å². The maximum atomic E-state index is 11.0. The maximum Gasteiger partial charge on any atom is 0.514 e. The molecule has 0 N–H and O–H groups in total. The molecule has 0 unspecified atom stereocenters. The van der Waals surface area contributed by atoms with Crippen molar-refractivity contribution in [1.82, 2.24) is 0 Å². The molecule has 0 fully saturated rings. The van der Waals surface area contributed by atoms with E-state index < -0.39 is 17.9 Å². The second-order valence-electron chi connectivity index (χ2n) is 2.26. The molecule has 0 saturated carbocycles. The average molecular weight is 212 g/mol. The molecule has 0 rings (SSSR count). The number of carbonyl (C=O) groups excluding carboxylic acids is 2. The van der Waals surface area contributed by atoms with Crippen LogP contribution in [0.2, 0.25) is 0 Å². The van der Waals surface area contributed by atoms with E-state index in [-0.39, 0.29) is 13.2 Å². The summed E-state index contributed by atoms with van der Waals surface area (Å²) in [6.45, 7) is 9.88. The lowest BCUT2D eigenvalue weighted by Crippen LogP contribution is -2.14. The van der Waals surface area contributed by atoms with Gasteiger partial charge < -0.3 is 14.2 Å². The lowest BCUT2D eigenvalue weighted by atomic mass is 10.5. The molecule has 0 atom stereocenters. The topological polar surface area (TPSA) is 61.8 Å². The van der Waals surface area contributed by atoms with E-state index in [1.165, 1.54) is 12.2 Å². The van der Waals surface area contributed by atoms with Crippen LogP contribution in [-0.4, -0.2) is 25.3 Å². The summed E-state index contributed by atoms with van der Waals surface area (Å²) in [5, 5.41) is 0. The van der Waals surface area contributed by atoms with Crippen LogP contribution in [0.5, 0.6) is 0 Å². The first-order valence-electron chi connectivity index (χ1n) is 4.04. The van der Waals surface area contributed by atoms with E-state index in [1.54, 1.807) is 0 Å². The van der Waals surface area contributed by atoms with Crippen molar-refractivity contribution < 1.29 is 23.8 Å². The van der Waals surface area contributed by atoms with Gasteiger partial charge in [0.2, 0.25) is 5.76 Å². The molecule has 0 radical (unpaired) electrons. The number of hydrogen-bond acceptors (Lipinski definition) is 5. The van der Waals surface area contributed by atoms with Gasteiger partial charge >= 0.3 is 12.1 Å². The van der Waals surface area contributed by atoms with Crippen LogP contribution in [0.25, 0.3) is 0 Å². The van der Waals surface area contributed by atoms with Crippen LogP contribution >= 0.6 is 0 Å². The van der Waals surface area contributed by atoms with Crippen molar-refractivity contribution in [2.24, 2.45) is 0 Å². The smallest absolute Gasteiger partial charge is 0.456 e. The fourth-order valence-electron chi connectivity index (χ4n) is 0.514. The normalized spacial score (nSPS) is 8.53. The van der Waals surface area contributed by atoms with Gasteiger partial charge in [-0.25, -0.2) is 9.59 Å². The van der Waals surface area contributed by atoms with Crippen LogP contribution in [-0.2, 0) is 19.0 Å². The van der Waals surface area contributed by atoms with Gasteiger partial charge in [-0.1, -0.05) is 25.3 Å². The minimum atomic E-state index is -1.03. The quantitative estimate of drug-likeness (QED) is 0.289. The number of carbonyl (C=O) groups is 2. The standard InChI is InChI=1S/C10H12O5/c1-4-6-13-9(11)8(3)15-10(12)14-7-5-2/h4-5H,1-3,6-7H2. The van der Waals surface area contributed by atoms with E-state index in [0.717, 1.165) is 0 Å². The minimum Gasteiger partial charge on any atom is -0.456 e. The van der Waals surface area contributed by atoms with Crippen LogP contribution in [0.3, 0.4) is 0 Å². The monoisotopic (exact) mass is 212 g/mol. The Bertz CT molecular complexity index is 280. The number of rotatable bonds is 6. The van der Waals surface area contributed by atoms with Crippen LogP contribution in [0.4, 0.5) is 4.79 Å². The van der Waals surface area contributed by atoms with Gasteiger partial charge in [-0.3, -0.25) is 0 Å². The van der Waals surface area contributed by atoms with Gasteiger partial charge in [0.15, 0.2) is 0 Å². The van der Waals surface area contributed by atoms with E-state index in [4.69, 9.17) is 0 Å². The third-order valence-corrected chi connectivity index (χ3v) is 1.09. The summed E-state index contributed by atoms with van der Waals surface area (Å²) in [5.74, 6) is -1.28. The number of esters is 1. The molecule has 0 aromatic carbocycles. The third kappa shape index (κ3) is 6.09. The summed E-state index contributed by atoms with van der Waals surface area (Å²) < 4.78 is 13.4. The van der Waals surface area contributed by atoms with Crippen molar-refractivity contribution in [2.45, 2.75) is 0 Å². The summed E-state index contributed by atoms with van der Waals surface area (Å²) in [7, 11) is 0. The van der Waals surface area contributed by atoms with Gasteiger partial charge in [-0.05, 0) is 6.58 Å². The summed E-state index contributed by atoms with van der Waals surface area (Å²) in [6, 6.07) is 0. The molecule has 5 nitrogen and oxygen atoms in total. The molecule has 0 amide bonds. The highest BCUT2D eigenvalue weighted by atomic mass is 16.7. The van der Waals surface area contributed by atoms with Gasteiger partial charge in [0.25, 0.3) is 0 Å². The van der Waals surface area contributed by atoms with Crippen LogP contribution in [0.15, 0.2) is 37.6 Å². The van der Waals surface area contributed by atoms with E-state index in [2.05, 4.69) is 33.9 Å². The SMILES string of the molecule is C=CCOC(=O)OC(=C)C(=O)OCC=C. The summed E-state index contributed by atoms with van der Waals surface area (Å²) in [6.07, 6.45) is 1.71. The van der Waals surface area contributed by atoms with E-state index in [9.17, 15) is 9.59 Å². The van der Waals surface area contributed by atoms with Crippen LogP contribution in [0.1, 0.15) is 0 Å². The van der Waals surface area contributed by atoms with E-state index >= 15 is 0 Å². The second-order valence-corrected chi connectivity index (χ2v) is 2.26. The van der Waals surface area contributed by atoms with Gasteiger partial charge in [0.1, 0.15) is 13.2 Å². The fraction of sp³-hybridized carbons (Fsp3) is 0.200. The fourth-order valence-corrected chi connectivity index (χ4v) is 0.514. The molecule has 15 heavy (non-hydrogen) atoms. The summed E-state index contributed by atoms with van der Waals surface area (Å²) in [5.41, 5.74) is 0. The van der Waals surface area contributed by atoms with Crippen molar-refractivity contribution >= 4 is 12.1 Å². The van der Waals surface area contributed by atoms with Crippen molar-refractivity contribution in [3.8, 4) is 0 Å². The highest BCUT2D eigenvalue weighted by Gasteiger charge is 2.14. The highest BCUT2D eigenvalue weighted by Crippen LogP contribution is 2.00.